The normalized spacial score (nSPS) is 21.0. The SMILES string of the molecule is COc1cccc(-c2cc(C(F)(F)F)n3ncc(C(=O)OC[C@H]4CCCN5CCCC[C@H]45)c3n2)c1. The van der Waals surface area contributed by atoms with Crippen molar-refractivity contribution in [2.24, 2.45) is 5.92 Å². The van der Waals surface area contributed by atoms with Crippen LogP contribution >= 0.6 is 0 Å². The number of carbonyl (C=O) groups excluding carboxylic acids is 1. The van der Waals surface area contributed by atoms with Gasteiger partial charge in [-0.3, -0.25) is 4.90 Å². The van der Waals surface area contributed by atoms with Gasteiger partial charge >= 0.3 is 12.1 Å². The monoisotopic (exact) mass is 488 g/mol. The number of piperidine rings is 2. The molecule has 0 bridgehead atoms. The van der Waals surface area contributed by atoms with Crippen LogP contribution in [0, 0.1) is 5.92 Å². The number of alkyl halides is 3. The van der Waals surface area contributed by atoms with E-state index in [9.17, 15) is 18.0 Å². The van der Waals surface area contributed by atoms with E-state index in [-0.39, 0.29) is 29.4 Å². The van der Waals surface area contributed by atoms with E-state index in [4.69, 9.17) is 9.47 Å². The van der Waals surface area contributed by atoms with Crippen molar-refractivity contribution in [1.82, 2.24) is 19.5 Å². The smallest absolute Gasteiger partial charge is 0.433 e. The predicted molar refractivity (Wildman–Crippen MR) is 122 cm³/mol. The number of hydrogen-bond acceptors (Lipinski definition) is 6. The molecule has 0 N–H and O–H groups in total. The van der Waals surface area contributed by atoms with Crippen LogP contribution in [0.1, 0.15) is 48.2 Å². The van der Waals surface area contributed by atoms with Gasteiger partial charge < -0.3 is 9.47 Å². The van der Waals surface area contributed by atoms with Gasteiger partial charge in [0.2, 0.25) is 0 Å². The van der Waals surface area contributed by atoms with Crippen LogP contribution in [-0.4, -0.2) is 58.3 Å². The van der Waals surface area contributed by atoms with Gasteiger partial charge in [0.15, 0.2) is 11.3 Å². The third kappa shape index (κ3) is 4.71. The third-order valence-electron chi connectivity index (χ3n) is 7.00. The molecule has 5 rings (SSSR count). The molecule has 35 heavy (non-hydrogen) atoms. The summed E-state index contributed by atoms with van der Waals surface area (Å²) in [7, 11) is 1.47. The fourth-order valence-electron chi connectivity index (χ4n) is 5.27. The van der Waals surface area contributed by atoms with Gasteiger partial charge in [0.1, 0.15) is 11.3 Å². The number of benzene rings is 1. The Morgan fingerprint density at radius 1 is 1.14 bits per heavy atom. The van der Waals surface area contributed by atoms with Crippen LogP contribution < -0.4 is 4.74 Å². The molecular formula is C25H27F3N4O3. The predicted octanol–water partition coefficient (Wildman–Crippen LogP) is 4.85. The summed E-state index contributed by atoms with van der Waals surface area (Å²) >= 11 is 0. The van der Waals surface area contributed by atoms with Crippen LogP contribution in [0.3, 0.4) is 0 Å². The Hall–Kier alpha value is -3.14. The number of aromatic nitrogens is 3. The lowest BCUT2D eigenvalue weighted by Crippen LogP contribution is -2.49. The average molecular weight is 489 g/mol. The van der Waals surface area contributed by atoms with Gasteiger partial charge in [0, 0.05) is 17.5 Å². The van der Waals surface area contributed by atoms with E-state index in [0.717, 1.165) is 51.0 Å². The van der Waals surface area contributed by atoms with Crippen LogP contribution in [-0.2, 0) is 10.9 Å². The van der Waals surface area contributed by atoms with E-state index in [1.807, 2.05) is 0 Å². The lowest BCUT2D eigenvalue weighted by molar-refractivity contribution is -0.142. The first-order valence-electron chi connectivity index (χ1n) is 11.9. The number of halogens is 3. The van der Waals surface area contributed by atoms with Crippen molar-refractivity contribution in [2.75, 3.05) is 26.8 Å². The molecule has 0 spiro atoms. The van der Waals surface area contributed by atoms with Crippen molar-refractivity contribution in [3.8, 4) is 17.0 Å². The van der Waals surface area contributed by atoms with Crippen molar-refractivity contribution < 1.29 is 27.4 Å². The molecule has 2 aliphatic heterocycles. The summed E-state index contributed by atoms with van der Waals surface area (Å²) in [6.45, 7) is 2.37. The van der Waals surface area contributed by atoms with Gasteiger partial charge in [-0.2, -0.15) is 18.3 Å². The third-order valence-corrected chi connectivity index (χ3v) is 7.00. The van der Waals surface area contributed by atoms with Crippen molar-refractivity contribution in [2.45, 2.75) is 44.3 Å². The number of hydrogen-bond donors (Lipinski definition) is 0. The zero-order valence-electron chi connectivity index (χ0n) is 19.4. The second-order valence-electron chi connectivity index (χ2n) is 9.15. The van der Waals surface area contributed by atoms with Gasteiger partial charge in [-0.1, -0.05) is 18.6 Å². The maximum Gasteiger partial charge on any atom is 0.433 e. The molecule has 0 amide bonds. The zero-order valence-corrected chi connectivity index (χ0v) is 19.4. The van der Waals surface area contributed by atoms with Crippen LogP contribution in [0.5, 0.6) is 5.75 Å². The fraction of sp³-hybridized carbons (Fsp3) is 0.480. The molecule has 2 atom stereocenters. The second-order valence-corrected chi connectivity index (χ2v) is 9.15. The molecule has 186 valence electrons. The standard InChI is InChI=1S/C25H27F3N4O3/c1-34-18-8-4-6-16(12-18)20-13-22(25(26,27)28)32-23(30-20)19(14-29-32)24(33)35-15-17-7-5-11-31-10-3-2-9-21(17)31/h4,6,8,12-14,17,21H,2-3,5,7,9-11,15H2,1H3/t17-,21-/m1/s1. The Morgan fingerprint density at radius 3 is 2.77 bits per heavy atom. The maximum absolute atomic E-state index is 13.9. The summed E-state index contributed by atoms with van der Waals surface area (Å²) in [6.07, 6.45) is 1.86. The molecule has 3 aromatic rings. The molecule has 2 saturated heterocycles. The highest BCUT2D eigenvalue weighted by Crippen LogP contribution is 2.34. The number of ether oxygens (including phenoxy) is 2. The number of esters is 1. The Bertz CT molecular complexity index is 1220. The van der Waals surface area contributed by atoms with E-state index >= 15 is 0 Å². The first-order valence-corrected chi connectivity index (χ1v) is 11.9. The summed E-state index contributed by atoms with van der Waals surface area (Å²) in [5, 5.41) is 3.84. The van der Waals surface area contributed by atoms with Gasteiger partial charge in [-0.05, 0) is 57.0 Å². The molecule has 2 fully saturated rings. The van der Waals surface area contributed by atoms with Crippen molar-refractivity contribution in [3.05, 3.63) is 47.8 Å². The summed E-state index contributed by atoms with van der Waals surface area (Å²) in [6, 6.07) is 7.89. The Balaban J connectivity index is 1.45. The number of methoxy groups -OCH3 is 1. The molecule has 0 radical (unpaired) electrons. The quantitative estimate of drug-likeness (QED) is 0.479. The van der Waals surface area contributed by atoms with Crippen LogP contribution in [0.4, 0.5) is 13.2 Å². The molecule has 7 nitrogen and oxygen atoms in total. The number of nitrogens with zero attached hydrogens (tertiary/aromatic N) is 4. The zero-order chi connectivity index (χ0) is 24.6. The summed E-state index contributed by atoms with van der Waals surface area (Å²) < 4.78 is 53.1. The van der Waals surface area contributed by atoms with E-state index in [1.54, 1.807) is 24.3 Å². The van der Waals surface area contributed by atoms with E-state index < -0.39 is 17.8 Å². The summed E-state index contributed by atoms with van der Waals surface area (Å²) in [4.78, 5) is 19.8. The first-order chi connectivity index (χ1) is 16.8. The maximum atomic E-state index is 13.9. The number of rotatable bonds is 5. The highest BCUT2D eigenvalue weighted by atomic mass is 19.4. The Kier molecular flexibility index (Phi) is 6.39. The first kappa shape index (κ1) is 23.6. The van der Waals surface area contributed by atoms with Gasteiger partial charge in [-0.25, -0.2) is 14.3 Å². The fourth-order valence-corrected chi connectivity index (χ4v) is 5.27. The van der Waals surface area contributed by atoms with Gasteiger partial charge in [-0.15, -0.1) is 0 Å². The van der Waals surface area contributed by atoms with Crippen LogP contribution in [0.25, 0.3) is 16.9 Å². The molecule has 0 aliphatic carbocycles. The molecule has 0 unspecified atom stereocenters. The molecule has 2 aliphatic rings. The van der Waals surface area contributed by atoms with Crippen molar-refractivity contribution in [1.29, 1.82) is 0 Å². The molecule has 0 saturated carbocycles. The highest BCUT2D eigenvalue weighted by Gasteiger charge is 2.37. The Morgan fingerprint density at radius 2 is 1.97 bits per heavy atom. The van der Waals surface area contributed by atoms with Gasteiger partial charge in [0.25, 0.3) is 0 Å². The minimum Gasteiger partial charge on any atom is -0.497 e. The van der Waals surface area contributed by atoms with Gasteiger partial charge in [0.05, 0.1) is 25.6 Å². The van der Waals surface area contributed by atoms with Crippen molar-refractivity contribution >= 4 is 11.6 Å². The lowest BCUT2D eigenvalue weighted by atomic mass is 9.84. The summed E-state index contributed by atoms with van der Waals surface area (Å²) in [5.41, 5.74) is -0.812. The van der Waals surface area contributed by atoms with Crippen LogP contribution in [0.2, 0.25) is 0 Å². The lowest BCUT2D eigenvalue weighted by Gasteiger charge is -2.44. The van der Waals surface area contributed by atoms with E-state index in [1.165, 1.54) is 13.5 Å². The minimum absolute atomic E-state index is 0.0587. The minimum atomic E-state index is -4.70. The average Bonchev–Trinajstić information content (AvgIpc) is 3.30. The summed E-state index contributed by atoms with van der Waals surface area (Å²) in [5.74, 6) is -0.00709. The number of fused-ring (bicyclic) bond motifs is 2. The van der Waals surface area contributed by atoms with Crippen molar-refractivity contribution in [3.63, 3.8) is 0 Å². The molecule has 1 aromatic carbocycles. The molecule has 10 heteroatoms. The second kappa shape index (κ2) is 9.49. The van der Waals surface area contributed by atoms with Crippen LogP contribution in [0.15, 0.2) is 36.5 Å². The number of carbonyl (C=O) groups is 1. The molecule has 4 heterocycles. The topological polar surface area (TPSA) is 69.0 Å². The van der Waals surface area contributed by atoms with E-state index in [0.29, 0.717) is 21.9 Å². The largest absolute Gasteiger partial charge is 0.497 e. The highest BCUT2D eigenvalue weighted by molar-refractivity contribution is 5.96. The Labute approximate surface area is 200 Å². The molecule has 2 aromatic heterocycles. The molecular weight excluding hydrogens is 461 g/mol. The van der Waals surface area contributed by atoms with E-state index in [2.05, 4.69) is 15.0 Å².